The van der Waals surface area contributed by atoms with Crippen LogP contribution in [0.1, 0.15) is 0 Å². The summed E-state index contributed by atoms with van der Waals surface area (Å²) in [5, 5.41) is 4.98. The summed E-state index contributed by atoms with van der Waals surface area (Å²) in [5.74, 6) is 0.694. The number of nitrogens with zero attached hydrogens (tertiary/aromatic N) is 4. The number of hydrogen-bond donors (Lipinski definition) is 0. The molecular formula is C58H38N4. The van der Waals surface area contributed by atoms with E-state index in [0.29, 0.717) is 5.82 Å². The molecule has 4 nitrogen and oxygen atoms in total. The standard InChI is InChI=1S/C58H38N4/c1-4-15-39(16-5-1)44-19-14-20-45(37-44)52-38-51(42-17-6-2-7-18-42)59-58(60-52)43-29-27-40(28-30-43)41-31-33-47(34-32-41)62-53-25-12-10-23-48(53)49-35-36-55-56(57(49)62)50-24-11-13-26-54(50)61(55)46-21-8-3-9-22-46/h1-38H. The van der Waals surface area contributed by atoms with Gasteiger partial charge in [0.15, 0.2) is 5.82 Å². The maximum atomic E-state index is 5.17. The van der Waals surface area contributed by atoms with Gasteiger partial charge in [-0.1, -0.05) is 176 Å². The van der Waals surface area contributed by atoms with E-state index in [1.54, 1.807) is 0 Å². The normalized spacial score (nSPS) is 11.5. The smallest absolute Gasteiger partial charge is 0.160 e. The molecule has 0 saturated heterocycles. The lowest BCUT2D eigenvalue weighted by atomic mass is 10.0. The zero-order chi connectivity index (χ0) is 41.0. The van der Waals surface area contributed by atoms with Crippen molar-refractivity contribution >= 4 is 43.6 Å². The van der Waals surface area contributed by atoms with Gasteiger partial charge in [0.05, 0.1) is 33.5 Å². The molecule has 12 aromatic rings. The molecule has 0 unspecified atom stereocenters. The summed E-state index contributed by atoms with van der Waals surface area (Å²) in [6.45, 7) is 0. The molecule has 3 heterocycles. The van der Waals surface area contributed by atoms with Gasteiger partial charge < -0.3 is 9.13 Å². The minimum atomic E-state index is 0.694. The van der Waals surface area contributed by atoms with Crippen LogP contribution in [0.25, 0.3) is 111 Å². The third-order valence-electron chi connectivity index (χ3n) is 12.1. The number of aromatic nitrogens is 4. The molecule has 0 aliphatic heterocycles. The molecule has 0 amide bonds. The second-order valence-corrected chi connectivity index (χ2v) is 15.8. The lowest BCUT2D eigenvalue weighted by Gasteiger charge is -2.12. The molecule has 0 aliphatic rings. The second kappa shape index (κ2) is 14.7. The van der Waals surface area contributed by atoms with E-state index in [1.807, 2.05) is 12.1 Å². The first-order valence-electron chi connectivity index (χ1n) is 21.1. The predicted octanol–water partition coefficient (Wildman–Crippen LogP) is 15.0. The summed E-state index contributed by atoms with van der Waals surface area (Å²) in [6, 6.07) is 82.0. The third kappa shape index (κ3) is 6.00. The minimum absolute atomic E-state index is 0.694. The molecule has 290 valence electrons. The molecule has 0 spiro atoms. The van der Waals surface area contributed by atoms with Crippen LogP contribution in [-0.2, 0) is 0 Å². The maximum Gasteiger partial charge on any atom is 0.160 e. The summed E-state index contributed by atoms with van der Waals surface area (Å²) in [7, 11) is 0. The number of hydrogen-bond acceptors (Lipinski definition) is 2. The van der Waals surface area contributed by atoms with Crippen LogP contribution in [0.15, 0.2) is 231 Å². The van der Waals surface area contributed by atoms with E-state index in [-0.39, 0.29) is 0 Å². The predicted molar refractivity (Wildman–Crippen MR) is 258 cm³/mol. The molecule has 0 radical (unpaired) electrons. The molecular weight excluding hydrogens is 753 g/mol. The maximum absolute atomic E-state index is 5.17. The van der Waals surface area contributed by atoms with E-state index in [4.69, 9.17) is 9.97 Å². The van der Waals surface area contributed by atoms with Gasteiger partial charge in [0.2, 0.25) is 0 Å². The van der Waals surface area contributed by atoms with Crippen molar-refractivity contribution in [1.29, 1.82) is 0 Å². The van der Waals surface area contributed by atoms with E-state index < -0.39 is 0 Å². The molecule has 12 rings (SSSR count). The average molecular weight is 791 g/mol. The highest BCUT2D eigenvalue weighted by Gasteiger charge is 2.21. The van der Waals surface area contributed by atoms with Crippen molar-refractivity contribution in [2.24, 2.45) is 0 Å². The van der Waals surface area contributed by atoms with Gasteiger partial charge in [0.25, 0.3) is 0 Å². The SMILES string of the molecule is c1ccc(-c2cccc(-c3cc(-c4ccccc4)nc(-c4ccc(-c5ccc(-n6c7ccccc7c7ccc8c(c9ccccc9n8-c8ccccc8)c76)cc5)cc4)n3)c2)cc1. The van der Waals surface area contributed by atoms with Crippen LogP contribution in [0.3, 0.4) is 0 Å². The van der Waals surface area contributed by atoms with Crippen molar-refractivity contribution in [2.45, 2.75) is 0 Å². The summed E-state index contributed by atoms with van der Waals surface area (Å²) in [4.78, 5) is 10.3. The molecule has 0 N–H and O–H groups in total. The Morgan fingerprint density at radius 3 is 1.48 bits per heavy atom. The summed E-state index contributed by atoms with van der Waals surface area (Å²) >= 11 is 0. The highest BCUT2D eigenvalue weighted by atomic mass is 15.0. The highest BCUT2D eigenvalue weighted by Crippen LogP contribution is 2.42. The van der Waals surface area contributed by atoms with Gasteiger partial charge in [-0.05, 0) is 76.9 Å². The Balaban J connectivity index is 0.938. The molecule has 9 aromatic carbocycles. The van der Waals surface area contributed by atoms with Crippen LogP contribution in [0, 0.1) is 0 Å². The van der Waals surface area contributed by atoms with Gasteiger partial charge in [-0.3, -0.25) is 0 Å². The van der Waals surface area contributed by atoms with E-state index in [2.05, 4.69) is 228 Å². The zero-order valence-electron chi connectivity index (χ0n) is 33.7. The van der Waals surface area contributed by atoms with Crippen molar-refractivity contribution in [2.75, 3.05) is 0 Å². The van der Waals surface area contributed by atoms with Gasteiger partial charge >= 0.3 is 0 Å². The highest BCUT2D eigenvalue weighted by molar-refractivity contribution is 6.26. The fourth-order valence-corrected chi connectivity index (χ4v) is 9.22. The third-order valence-corrected chi connectivity index (χ3v) is 12.1. The van der Waals surface area contributed by atoms with Gasteiger partial charge in [-0.25, -0.2) is 9.97 Å². The number of fused-ring (bicyclic) bond motifs is 7. The first-order chi connectivity index (χ1) is 30.7. The Morgan fingerprint density at radius 1 is 0.274 bits per heavy atom. The fraction of sp³-hybridized carbons (Fsp3) is 0. The lowest BCUT2D eigenvalue weighted by molar-refractivity contribution is 1.17. The molecule has 3 aromatic heterocycles. The van der Waals surface area contributed by atoms with Gasteiger partial charge in [0, 0.05) is 49.6 Å². The van der Waals surface area contributed by atoms with Crippen LogP contribution in [0.2, 0.25) is 0 Å². The van der Waals surface area contributed by atoms with Crippen molar-refractivity contribution in [3.63, 3.8) is 0 Å². The van der Waals surface area contributed by atoms with Crippen LogP contribution < -0.4 is 0 Å². The molecule has 62 heavy (non-hydrogen) atoms. The Bertz CT molecular complexity index is 3590. The van der Waals surface area contributed by atoms with Crippen LogP contribution >= 0.6 is 0 Å². The topological polar surface area (TPSA) is 35.6 Å². The minimum Gasteiger partial charge on any atom is -0.309 e. The van der Waals surface area contributed by atoms with Crippen molar-refractivity contribution in [3.8, 4) is 67.5 Å². The first-order valence-corrected chi connectivity index (χ1v) is 21.1. The number of benzene rings is 9. The molecule has 0 aliphatic carbocycles. The zero-order valence-corrected chi connectivity index (χ0v) is 33.7. The molecule has 4 heteroatoms. The fourth-order valence-electron chi connectivity index (χ4n) is 9.22. The Kier molecular flexibility index (Phi) is 8.46. The van der Waals surface area contributed by atoms with Gasteiger partial charge in [-0.2, -0.15) is 0 Å². The summed E-state index contributed by atoms with van der Waals surface area (Å²) in [5.41, 5.74) is 16.5. The average Bonchev–Trinajstić information content (AvgIpc) is 3.88. The van der Waals surface area contributed by atoms with Gasteiger partial charge in [-0.15, -0.1) is 0 Å². The molecule has 0 fully saturated rings. The van der Waals surface area contributed by atoms with Crippen molar-refractivity contribution < 1.29 is 0 Å². The van der Waals surface area contributed by atoms with Crippen LogP contribution in [-0.4, -0.2) is 19.1 Å². The largest absolute Gasteiger partial charge is 0.309 e. The van der Waals surface area contributed by atoms with Crippen molar-refractivity contribution in [3.05, 3.63) is 231 Å². The molecule has 0 bridgehead atoms. The van der Waals surface area contributed by atoms with Crippen molar-refractivity contribution in [1.82, 2.24) is 19.1 Å². The Morgan fingerprint density at radius 2 is 0.774 bits per heavy atom. The van der Waals surface area contributed by atoms with E-state index in [9.17, 15) is 0 Å². The number of para-hydroxylation sites is 3. The first kappa shape index (κ1) is 35.6. The van der Waals surface area contributed by atoms with E-state index >= 15 is 0 Å². The monoisotopic (exact) mass is 790 g/mol. The van der Waals surface area contributed by atoms with E-state index in [1.165, 1.54) is 49.2 Å². The van der Waals surface area contributed by atoms with E-state index in [0.717, 1.165) is 56.1 Å². The number of rotatable bonds is 7. The summed E-state index contributed by atoms with van der Waals surface area (Å²) in [6.07, 6.45) is 0. The molecule has 0 atom stereocenters. The second-order valence-electron chi connectivity index (χ2n) is 15.8. The van der Waals surface area contributed by atoms with Gasteiger partial charge in [0.1, 0.15) is 0 Å². The lowest BCUT2D eigenvalue weighted by Crippen LogP contribution is -1.96. The van der Waals surface area contributed by atoms with Crippen LogP contribution in [0.4, 0.5) is 0 Å². The molecule has 0 saturated carbocycles. The quantitative estimate of drug-likeness (QED) is 0.161. The Labute approximate surface area is 359 Å². The Hall–Kier alpha value is -8.34. The van der Waals surface area contributed by atoms with Crippen LogP contribution in [0.5, 0.6) is 0 Å². The summed E-state index contributed by atoms with van der Waals surface area (Å²) < 4.78 is 4.85.